The molecule has 1 aliphatic rings. The molecule has 3 atom stereocenters. The van der Waals surface area contributed by atoms with E-state index in [1.165, 1.54) is 17.7 Å². The first-order chi connectivity index (χ1) is 10.1. The van der Waals surface area contributed by atoms with E-state index in [0.29, 0.717) is 17.0 Å². The first kappa shape index (κ1) is 14.8. The summed E-state index contributed by atoms with van der Waals surface area (Å²) in [6, 6.07) is 13.7. The predicted molar refractivity (Wildman–Crippen MR) is 85.6 cm³/mol. The van der Waals surface area contributed by atoms with E-state index in [2.05, 4.69) is 29.6 Å². The van der Waals surface area contributed by atoms with Crippen LogP contribution in [0.25, 0.3) is 0 Å². The van der Waals surface area contributed by atoms with Crippen LogP contribution in [0.3, 0.4) is 0 Å². The number of nitrogens with one attached hydrogen (secondary N) is 1. The van der Waals surface area contributed by atoms with Gasteiger partial charge in [-0.1, -0.05) is 53.5 Å². The summed E-state index contributed by atoms with van der Waals surface area (Å²) >= 11 is 11.9. The van der Waals surface area contributed by atoms with E-state index in [4.69, 9.17) is 23.2 Å². The van der Waals surface area contributed by atoms with Gasteiger partial charge in [-0.15, -0.1) is 0 Å². The summed E-state index contributed by atoms with van der Waals surface area (Å²) in [6.45, 7) is 1.99. The zero-order valence-electron chi connectivity index (χ0n) is 11.6. The lowest BCUT2D eigenvalue weighted by Crippen LogP contribution is -2.22. The second kappa shape index (κ2) is 5.96. The topological polar surface area (TPSA) is 12.0 Å². The van der Waals surface area contributed by atoms with Crippen molar-refractivity contribution in [1.82, 2.24) is 5.32 Å². The van der Waals surface area contributed by atoms with Crippen LogP contribution >= 0.6 is 23.2 Å². The van der Waals surface area contributed by atoms with Gasteiger partial charge >= 0.3 is 0 Å². The molecule has 0 amide bonds. The SMILES string of the molecule is CC(NC1CC1c1ccccc1)c1cc(F)c(Cl)cc1Cl. The van der Waals surface area contributed by atoms with Crippen molar-refractivity contribution in [3.63, 3.8) is 0 Å². The van der Waals surface area contributed by atoms with Crippen LogP contribution < -0.4 is 5.32 Å². The van der Waals surface area contributed by atoms with Gasteiger partial charge in [0.25, 0.3) is 0 Å². The lowest BCUT2D eigenvalue weighted by atomic mass is 10.1. The van der Waals surface area contributed by atoms with Crippen molar-refractivity contribution in [2.45, 2.75) is 31.3 Å². The van der Waals surface area contributed by atoms with Crippen LogP contribution in [0.15, 0.2) is 42.5 Å². The molecule has 3 unspecified atom stereocenters. The van der Waals surface area contributed by atoms with Gasteiger partial charge in [-0.05, 0) is 36.6 Å². The summed E-state index contributed by atoms with van der Waals surface area (Å²) in [4.78, 5) is 0. The zero-order valence-corrected chi connectivity index (χ0v) is 13.1. The predicted octanol–water partition coefficient (Wildman–Crippen LogP) is 5.34. The minimum absolute atomic E-state index is 0.0111. The number of hydrogen-bond acceptors (Lipinski definition) is 1. The average molecular weight is 324 g/mol. The molecule has 110 valence electrons. The normalized spacial score (nSPS) is 22.1. The second-order valence-electron chi connectivity index (χ2n) is 5.54. The fourth-order valence-electron chi connectivity index (χ4n) is 2.73. The summed E-state index contributed by atoms with van der Waals surface area (Å²) < 4.78 is 13.6. The minimum atomic E-state index is -0.430. The van der Waals surface area contributed by atoms with Gasteiger partial charge in [0.1, 0.15) is 5.82 Å². The molecule has 1 saturated carbocycles. The standard InChI is InChI=1S/C17H16Cl2FN/c1-10(12-7-16(20)15(19)9-14(12)18)21-17-8-13(17)11-5-3-2-4-6-11/h2-7,9-10,13,17,21H,8H2,1H3. The average Bonchev–Trinajstić information content (AvgIpc) is 3.23. The molecular formula is C17H16Cl2FN. The van der Waals surface area contributed by atoms with Crippen LogP contribution in [0, 0.1) is 5.82 Å². The molecular weight excluding hydrogens is 308 g/mol. The zero-order chi connectivity index (χ0) is 15.0. The van der Waals surface area contributed by atoms with E-state index < -0.39 is 5.82 Å². The smallest absolute Gasteiger partial charge is 0.142 e. The molecule has 1 nitrogen and oxygen atoms in total. The highest BCUT2D eigenvalue weighted by atomic mass is 35.5. The van der Waals surface area contributed by atoms with E-state index in [1.807, 2.05) is 13.0 Å². The third-order valence-electron chi connectivity index (χ3n) is 3.99. The Kier molecular flexibility index (Phi) is 4.21. The molecule has 0 saturated heterocycles. The highest BCUT2D eigenvalue weighted by Crippen LogP contribution is 2.42. The van der Waals surface area contributed by atoms with Crippen LogP contribution in [-0.2, 0) is 0 Å². The summed E-state index contributed by atoms with van der Waals surface area (Å²) in [5.41, 5.74) is 2.09. The van der Waals surface area contributed by atoms with Crippen LogP contribution in [0.1, 0.15) is 36.4 Å². The summed E-state index contributed by atoms with van der Waals surface area (Å²) in [5.74, 6) is 0.102. The van der Waals surface area contributed by atoms with E-state index in [9.17, 15) is 4.39 Å². The van der Waals surface area contributed by atoms with Crippen LogP contribution in [0.4, 0.5) is 4.39 Å². The van der Waals surface area contributed by atoms with Crippen molar-refractivity contribution in [2.24, 2.45) is 0 Å². The quantitative estimate of drug-likeness (QED) is 0.749. The molecule has 4 heteroatoms. The highest BCUT2D eigenvalue weighted by Gasteiger charge is 2.39. The summed E-state index contributed by atoms with van der Waals surface area (Å²) in [5, 5.41) is 4.07. The molecule has 0 spiro atoms. The van der Waals surface area contributed by atoms with Crippen molar-refractivity contribution in [3.05, 3.63) is 69.5 Å². The van der Waals surface area contributed by atoms with Crippen molar-refractivity contribution in [1.29, 1.82) is 0 Å². The Morgan fingerprint density at radius 2 is 1.86 bits per heavy atom. The van der Waals surface area contributed by atoms with Crippen molar-refractivity contribution < 1.29 is 4.39 Å². The van der Waals surface area contributed by atoms with Crippen LogP contribution in [0.2, 0.25) is 10.0 Å². The Morgan fingerprint density at radius 1 is 1.14 bits per heavy atom. The van der Waals surface area contributed by atoms with Gasteiger partial charge in [-0.3, -0.25) is 0 Å². The second-order valence-corrected chi connectivity index (χ2v) is 6.35. The number of halogens is 3. The molecule has 0 aliphatic heterocycles. The Balaban J connectivity index is 1.68. The maximum Gasteiger partial charge on any atom is 0.142 e. The molecule has 0 heterocycles. The lowest BCUT2D eigenvalue weighted by Gasteiger charge is -2.16. The highest BCUT2D eigenvalue weighted by molar-refractivity contribution is 6.35. The Morgan fingerprint density at radius 3 is 2.57 bits per heavy atom. The fraction of sp³-hybridized carbons (Fsp3) is 0.294. The van der Waals surface area contributed by atoms with Gasteiger partial charge in [0.05, 0.1) is 5.02 Å². The Labute approximate surface area is 134 Å². The largest absolute Gasteiger partial charge is 0.307 e. The van der Waals surface area contributed by atoms with Gasteiger partial charge in [0, 0.05) is 23.0 Å². The van der Waals surface area contributed by atoms with Crippen LogP contribution in [0.5, 0.6) is 0 Å². The summed E-state index contributed by atoms with van der Waals surface area (Å²) in [7, 11) is 0. The number of benzene rings is 2. The molecule has 1 fully saturated rings. The molecule has 0 radical (unpaired) electrons. The molecule has 0 aromatic heterocycles. The molecule has 1 aliphatic carbocycles. The molecule has 1 N–H and O–H groups in total. The minimum Gasteiger partial charge on any atom is -0.307 e. The number of hydrogen-bond donors (Lipinski definition) is 1. The molecule has 3 rings (SSSR count). The maximum absolute atomic E-state index is 13.6. The monoisotopic (exact) mass is 323 g/mol. The van der Waals surface area contributed by atoms with Gasteiger partial charge < -0.3 is 5.32 Å². The van der Waals surface area contributed by atoms with Crippen molar-refractivity contribution >= 4 is 23.2 Å². The lowest BCUT2D eigenvalue weighted by molar-refractivity contribution is 0.555. The van der Waals surface area contributed by atoms with E-state index in [1.54, 1.807) is 0 Å². The molecule has 0 bridgehead atoms. The first-order valence-corrected chi connectivity index (χ1v) is 7.77. The Bertz CT molecular complexity index is 645. The van der Waals surface area contributed by atoms with Crippen molar-refractivity contribution in [3.8, 4) is 0 Å². The number of rotatable bonds is 4. The van der Waals surface area contributed by atoms with Crippen LogP contribution in [-0.4, -0.2) is 6.04 Å². The first-order valence-electron chi connectivity index (χ1n) is 7.01. The summed E-state index contributed by atoms with van der Waals surface area (Å²) in [6.07, 6.45) is 1.10. The molecule has 2 aromatic carbocycles. The Hall–Kier alpha value is -1.09. The van der Waals surface area contributed by atoms with Gasteiger partial charge in [-0.2, -0.15) is 0 Å². The third kappa shape index (κ3) is 3.23. The molecule has 2 aromatic rings. The van der Waals surface area contributed by atoms with Gasteiger partial charge in [0.15, 0.2) is 0 Å². The molecule has 21 heavy (non-hydrogen) atoms. The van der Waals surface area contributed by atoms with Gasteiger partial charge in [-0.25, -0.2) is 4.39 Å². The van der Waals surface area contributed by atoms with E-state index in [-0.39, 0.29) is 11.1 Å². The third-order valence-corrected chi connectivity index (χ3v) is 4.61. The van der Waals surface area contributed by atoms with Gasteiger partial charge in [0.2, 0.25) is 0 Å². The van der Waals surface area contributed by atoms with E-state index >= 15 is 0 Å². The van der Waals surface area contributed by atoms with Crippen molar-refractivity contribution in [2.75, 3.05) is 0 Å². The maximum atomic E-state index is 13.6. The van der Waals surface area contributed by atoms with E-state index in [0.717, 1.165) is 12.0 Å². The fourth-order valence-corrected chi connectivity index (χ4v) is 3.28.